The zero-order valence-corrected chi connectivity index (χ0v) is 13.7. The lowest BCUT2D eigenvalue weighted by Crippen LogP contribution is -2.27. The number of amides is 1. The third-order valence-corrected chi connectivity index (χ3v) is 3.63. The summed E-state index contributed by atoms with van der Waals surface area (Å²) in [5, 5.41) is 2.88. The minimum atomic E-state index is -0.436. The van der Waals surface area contributed by atoms with Crippen LogP contribution in [0.1, 0.15) is 47.4 Å². The number of benzene rings is 1. The first-order chi connectivity index (χ1) is 10.6. The molecule has 1 amide bonds. The van der Waals surface area contributed by atoms with Gasteiger partial charge < -0.3 is 15.0 Å². The van der Waals surface area contributed by atoms with Gasteiger partial charge in [0.15, 0.2) is 0 Å². The third kappa shape index (κ3) is 5.85. The van der Waals surface area contributed by atoms with E-state index in [9.17, 15) is 9.59 Å². The van der Waals surface area contributed by atoms with Gasteiger partial charge in [-0.25, -0.2) is 4.79 Å². The Morgan fingerprint density at radius 3 is 2.45 bits per heavy atom. The average molecular weight is 306 g/mol. The maximum absolute atomic E-state index is 12.0. The Morgan fingerprint density at radius 1 is 1.14 bits per heavy atom. The van der Waals surface area contributed by atoms with Crippen LogP contribution in [0, 0.1) is 0 Å². The summed E-state index contributed by atoms with van der Waals surface area (Å²) in [5.41, 5.74) is 0.864. The highest BCUT2D eigenvalue weighted by Gasteiger charge is 2.10. The van der Waals surface area contributed by atoms with Crippen molar-refractivity contribution >= 4 is 11.9 Å². The van der Waals surface area contributed by atoms with E-state index >= 15 is 0 Å². The summed E-state index contributed by atoms with van der Waals surface area (Å²) in [6.07, 6.45) is 2.00. The monoisotopic (exact) mass is 306 g/mol. The molecular formula is C17H26N2O3. The number of methoxy groups -OCH3 is 1. The first kappa shape index (κ1) is 18.2. The third-order valence-electron chi connectivity index (χ3n) is 3.63. The molecule has 0 radical (unpaired) electrons. The topological polar surface area (TPSA) is 58.6 Å². The van der Waals surface area contributed by atoms with E-state index in [0.29, 0.717) is 17.7 Å². The Hall–Kier alpha value is -1.88. The molecule has 1 aromatic carbocycles. The number of unbranched alkanes of at least 4 members (excludes halogenated alkanes) is 1. The van der Waals surface area contributed by atoms with E-state index < -0.39 is 5.97 Å². The van der Waals surface area contributed by atoms with Gasteiger partial charge in [0.1, 0.15) is 0 Å². The van der Waals surface area contributed by atoms with Crippen LogP contribution >= 0.6 is 0 Å². The summed E-state index contributed by atoms with van der Waals surface area (Å²) in [4.78, 5) is 25.9. The van der Waals surface area contributed by atoms with Crippen molar-refractivity contribution in [2.24, 2.45) is 0 Å². The molecule has 0 unspecified atom stereocenters. The number of hydrogen-bond donors (Lipinski definition) is 1. The first-order valence-electron chi connectivity index (χ1n) is 7.81. The zero-order valence-electron chi connectivity index (χ0n) is 13.7. The summed E-state index contributed by atoms with van der Waals surface area (Å²) in [5.74, 6) is -0.595. The molecule has 0 aliphatic rings. The first-order valence-corrected chi connectivity index (χ1v) is 7.81. The van der Waals surface area contributed by atoms with Gasteiger partial charge in [0, 0.05) is 12.1 Å². The van der Waals surface area contributed by atoms with E-state index in [4.69, 9.17) is 0 Å². The van der Waals surface area contributed by atoms with Gasteiger partial charge >= 0.3 is 5.97 Å². The van der Waals surface area contributed by atoms with Crippen molar-refractivity contribution in [3.63, 3.8) is 0 Å². The summed E-state index contributed by atoms with van der Waals surface area (Å²) in [6.45, 7) is 8.12. The lowest BCUT2D eigenvalue weighted by molar-refractivity contribution is 0.0600. The predicted octanol–water partition coefficient (Wildman–Crippen LogP) is 2.33. The van der Waals surface area contributed by atoms with Crippen molar-refractivity contribution in [2.75, 3.05) is 33.3 Å². The van der Waals surface area contributed by atoms with Gasteiger partial charge in [-0.15, -0.1) is 0 Å². The standard InChI is InChI=1S/C17H26N2O3/c1-4-19(5-2)12-7-6-11-18-16(20)14-9-8-10-15(13-14)17(21)22-3/h8-10,13H,4-7,11-12H2,1-3H3,(H,18,20). The Morgan fingerprint density at radius 2 is 1.82 bits per heavy atom. The summed E-state index contributed by atoms with van der Waals surface area (Å²) >= 11 is 0. The largest absolute Gasteiger partial charge is 0.465 e. The number of nitrogens with one attached hydrogen (secondary N) is 1. The molecule has 0 heterocycles. The smallest absolute Gasteiger partial charge is 0.337 e. The fraction of sp³-hybridized carbons (Fsp3) is 0.529. The fourth-order valence-electron chi connectivity index (χ4n) is 2.21. The van der Waals surface area contributed by atoms with Crippen LogP contribution in [0.25, 0.3) is 0 Å². The van der Waals surface area contributed by atoms with Gasteiger partial charge in [0.05, 0.1) is 12.7 Å². The maximum atomic E-state index is 12.0. The minimum absolute atomic E-state index is 0.159. The molecule has 0 aliphatic carbocycles. The van der Waals surface area contributed by atoms with Crippen LogP contribution in [-0.4, -0.2) is 50.1 Å². The van der Waals surface area contributed by atoms with Crippen molar-refractivity contribution < 1.29 is 14.3 Å². The number of nitrogens with zero attached hydrogens (tertiary/aromatic N) is 1. The molecule has 1 aromatic rings. The van der Waals surface area contributed by atoms with Crippen LogP contribution < -0.4 is 5.32 Å². The van der Waals surface area contributed by atoms with Crippen molar-refractivity contribution in [2.45, 2.75) is 26.7 Å². The predicted molar refractivity (Wildman–Crippen MR) is 87.1 cm³/mol. The highest BCUT2D eigenvalue weighted by atomic mass is 16.5. The quantitative estimate of drug-likeness (QED) is 0.562. The van der Waals surface area contributed by atoms with Gasteiger partial charge in [-0.2, -0.15) is 0 Å². The Kier molecular flexibility index (Phi) is 8.22. The Bertz CT molecular complexity index is 485. The van der Waals surface area contributed by atoms with Crippen molar-refractivity contribution in [1.82, 2.24) is 10.2 Å². The number of carbonyl (C=O) groups excluding carboxylic acids is 2. The molecule has 0 saturated heterocycles. The molecule has 0 atom stereocenters. The van der Waals surface area contributed by atoms with E-state index in [1.165, 1.54) is 7.11 Å². The second kappa shape index (κ2) is 9.95. The van der Waals surface area contributed by atoms with Gasteiger partial charge in [-0.05, 0) is 50.7 Å². The van der Waals surface area contributed by atoms with E-state index in [1.54, 1.807) is 24.3 Å². The Balaban J connectivity index is 2.38. The van der Waals surface area contributed by atoms with Crippen LogP contribution in [-0.2, 0) is 4.74 Å². The van der Waals surface area contributed by atoms with Crippen LogP contribution in [0.4, 0.5) is 0 Å². The fourth-order valence-corrected chi connectivity index (χ4v) is 2.21. The number of rotatable bonds is 9. The Labute approximate surface area is 132 Å². The van der Waals surface area contributed by atoms with Crippen LogP contribution in [0.5, 0.6) is 0 Å². The highest BCUT2D eigenvalue weighted by molar-refractivity contribution is 5.97. The minimum Gasteiger partial charge on any atom is -0.465 e. The van der Waals surface area contributed by atoms with Crippen LogP contribution in [0.2, 0.25) is 0 Å². The lowest BCUT2D eigenvalue weighted by Gasteiger charge is -2.17. The molecule has 122 valence electrons. The average Bonchev–Trinajstić information content (AvgIpc) is 2.57. The normalized spacial score (nSPS) is 10.5. The van der Waals surface area contributed by atoms with Crippen molar-refractivity contribution in [1.29, 1.82) is 0 Å². The van der Waals surface area contributed by atoms with E-state index in [0.717, 1.165) is 32.5 Å². The summed E-state index contributed by atoms with van der Waals surface area (Å²) in [7, 11) is 1.32. The zero-order chi connectivity index (χ0) is 16.4. The maximum Gasteiger partial charge on any atom is 0.337 e. The van der Waals surface area contributed by atoms with Crippen molar-refractivity contribution in [3.8, 4) is 0 Å². The van der Waals surface area contributed by atoms with Gasteiger partial charge in [0.2, 0.25) is 0 Å². The van der Waals surface area contributed by atoms with Gasteiger partial charge in [-0.3, -0.25) is 4.79 Å². The molecule has 0 aromatic heterocycles. The van der Waals surface area contributed by atoms with E-state index in [-0.39, 0.29) is 5.91 Å². The van der Waals surface area contributed by atoms with Gasteiger partial charge in [-0.1, -0.05) is 19.9 Å². The summed E-state index contributed by atoms with van der Waals surface area (Å²) in [6, 6.07) is 6.56. The SMILES string of the molecule is CCN(CC)CCCCNC(=O)c1cccc(C(=O)OC)c1. The molecule has 0 bridgehead atoms. The highest BCUT2D eigenvalue weighted by Crippen LogP contribution is 2.06. The van der Waals surface area contributed by atoms with E-state index in [2.05, 4.69) is 28.8 Å². The van der Waals surface area contributed by atoms with Crippen molar-refractivity contribution in [3.05, 3.63) is 35.4 Å². The molecule has 1 N–H and O–H groups in total. The molecule has 0 fully saturated rings. The summed E-state index contributed by atoms with van der Waals surface area (Å²) < 4.78 is 4.65. The molecule has 5 heteroatoms. The number of esters is 1. The molecule has 0 aliphatic heterocycles. The van der Waals surface area contributed by atoms with E-state index in [1.807, 2.05) is 0 Å². The van der Waals surface area contributed by atoms with Crippen LogP contribution in [0.15, 0.2) is 24.3 Å². The number of hydrogen-bond acceptors (Lipinski definition) is 4. The molecular weight excluding hydrogens is 280 g/mol. The number of carbonyl (C=O) groups is 2. The molecule has 1 rings (SSSR count). The van der Waals surface area contributed by atoms with Gasteiger partial charge in [0.25, 0.3) is 5.91 Å². The second-order valence-corrected chi connectivity index (χ2v) is 5.06. The molecule has 0 saturated carbocycles. The number of ether oxygens (including phenoxy) is 1. The van der Waals surface area contributed by atoms with Crippen LogP contribution in [0.3, 0.4) is 0 Å². The second-order valence-electron chi connectivity index (χ2n) is 5.06. The molecule has 22 heavy (non-hydrogen) atoms. The molecule has 0 spiro atoms. The molecule has 5 nitrogen and oxygen atoms in total. The lowest BCUT2D eigenvalue weighted by atomic mass is 10.1.